The van der Waals surface area contributed by atoms with Crippen LogP contribution in [0.1, 0.15) is 16.8 Å². The molecule has 0 N–H and O–H groups in total. The first kappa shape index (κ1) is 15.0. The summed E-state index contributed by atoms with van der Waals surface area (Å²) in [4.78, 5) is 0.298. The number of fused-ring (bicyclic) bond motifs is 3. The number of aryl methyl sites for hydroxylation is 1. The number of benzene rings is 2. The van der Waals surface area contributed by atoms with Crippen molar-refractivity contribution in [3.8, 4) is 5.69 Å². The van der Waals surface area contributed by atoms with Crippen molar-refractivity contribution in [2.75, 3.05) is 0 Å². The molecule has 0 bridgehead atoms. The second-order valence-electron chi connectivity index (χ2n) is 5.85. The van der Waals surface area contributed by atoms with Gasteiger partial charge in [-0.25, -0.2) is 13.1 Å². The van der Waals surface area contributed by atoms with E-state index in [1.165, 1.54) is 4.31 Å². The minimum atomic E-state index is -3.60. The monoisotopic (exact) mass is 340 g/mol. The Bertz CT molecular complexity index is 993. The minimum absolute atomic E-state index is 0.234. The third kappa shape index (κ3) is 2.42. The Labute approximate surface area is 140 Å². The van der Waals surface area contributed by atoms with Crippen LogP contribution in [0.4, 0.5) is 0 Å². The molecule has 24 heavy (non-hydrogen) atoms. The summed E-state index contributed by atoms with van der Waals surface area (Å²) in [7, 11) is -3.60. The highest BCUT2D eigenvalue weighted by Crippen LogP contribution is 2.27. The molecule has 0 saturated heterocycles. The van der Waals surface area contributed by atoms with E-state index in [1.54, 1.807) is 23.0 Å². The summed E-state index contributed by atoms with van der Waals surface area (Å²) < 4.78 is 29.3. The van der Waals surface area contributed by atoms with Gasteiger partial charge in [0.2, 0.25) is 10.0 Å². The van der Waals surface area contributed by atoms with Crippen molar-refractivity contribution in [3.05, 3.63) is 71.5 Å². The number of nitrogens with zero attached hydrogens (tertiary/aromatic N) is 4. The fourth-order valence-electron chi connectivity index (χ4n) is 2.87. The van der Waals surface area contributed by atoms with Gasteiger partial charge < -0.3 is 0 Å². The predicted octanol–water partition coefficient (Wildman–Crippen LogP) is 2.28. The van der Waals surface area contributed by atoms with Crippen LogP contribution in [-0.2, 0) is 23.1 Å². The third-order valence-electron chi connectivity index (χ3n) is 4.18. The van der Waals surface area contributed by atoms with Crippen LogP contribution in [0.5, 0.6) is 0 Å². The zero-order chi connectivity index (χ0) is 16.7. The molecule has 0 spiro atoms. The Balaban J connectivity index is 1.82. The van der Waals surface area contributed by atoms with E-state index in [-0.39, 0.29) is 6.54 Å². The van der Waals surface area contributed by atoms with Crippen LogP contribution in [0.2, 0.25) is 0 Å². The number of para-hydroxylation sites is 1. The van der Waals surface area contributed by atoms with E-state index >= 15 is 0 Å². The summed E-state index contributed by atoms with van der Waals surface area (Å²) in [6, 6.07) is 14.6. The molecular weight excluding hydrogens is 324 g/mol. The molecule has 2 aromatic carbocycles. The molecule has 2 heterocycles. The van der Waals surface area contributed by atoms with Crippen molar-refractivity contribution in [1.82, 2.24) is 19.3 Å². The van der Waals surface area contributed by atoms with Crippen molar-refractivity contribution in [3.63, 3.8) is 0 Å². The summed E-state index contributed by atoms with van der Waals surface area (Å²) in [6.07, 6.45) is 1.61. The van der Waals surface area contributed by atoms with E-state index in [9.17, 15) is 8.42 Å². The number of hydrogen-bond acceptors (Lipinski definition) is 4. The fraction of sp³-hybridized carbons (Fsp3) is 0.176. The average molecular weight is 340 g/mol. The molecular formula is C17H16N4O2S. The maximum absolute atomic E-state index is 13.1. The summed E-state index contributed by atoms with van der Waals surface area (Å²) in [5, 5.41) is 8.04. The van der Waals surface area contributed by atoms with Crippen LogP contribution in [0, 0.1) is 6.92 Å². The van der Waals surface area contributed by atoms with Gasteiger partial charge in [-0.15, -0.1) is 5.10 Å². The molecule has 0 amide bonds. The third-order valence-corrected chi connectivity index (χ3v) is 5.99. The van der Waals surface area contributed by atoms with Crippen LogP contribution in [-0.4, -0.2) is 27.7 Å². The Hall–Kier alpha value is -2.51. The molecule has 4 rings (SSSR count). The lowest BCUT2D eigenvalue weighted by molar-refractivity contribution is 0.401. The summed E-state index contributed by atoms with van der Waals surface area (Å²) >= 11 is 0. The van der Waals surface area contributed by atoms with Crippen LogP contribution >= 0.6 is 0 Å². The van der Waals surface area contributed by atoms with Crippen molar-refractivity contribution in [1.29, 1.82) is 0 Å². The van der Waals surface area contributed by atoms with Gasteiger partial charge in [0.25, 0.3) is 0 Å². The van der Waals surface area contributed by atoms with E-state index in [0.29, 0.717) is 11.4 Å². The van der Waals surface area contributed by atoms with Crippen molar-refractivity contribution in [2.45, 2.75) is 24.9 Å². The topological polar surface area (TPSA) is 68.1 Å². The second-order valence-corrected chi connectivity index (χ2v) is 7.79. The predicted molar refractivity (Wildman–Crippen MR) is 89.0 cm³/mol. The lowest BCUT2D eigenvalue weighted by Crippen LogP contribution is -2.29. The van der Waals surface area contributed by atoms with E-state index in [4.69, 9.17) is 0 Å². The number of rotatable bonds is 2. The quantitative estimate of drug-likeness (QED) is 0.718. The lowest BCUT2D eigenvalue weighted by Gasteiger charge is -2.20. The van der Waals surface area contributed by atoms with E-state index < -0.39 is 10.0 Å². The van der Waals surface area contributed by atoms with Crippen LogP contribution in [0.25, 0.3) is 5.69 Å². The normalized spacial score (nSPS) is 14.7. The van der Waals surface area contributed by atoms with Gasteiger partial charge in [-0.3, -0.25) is 0 Å². The van der Waals surface area contributed by atoms with Gasteiger partial charge in [0.15, 0.2) is 0 Å². The zero-order valence-corrected chi connectivity index (χ0v) is 13.9. The first-order valence-corrected chi connectivity index (χ1v) is 9.04. The van der Waals surface area contributed by atoms with Crippen molar-refractivity contribution >= 4 is 10.0 Å². The van der Waals surface area contributed by atoms with Gasteiger partial charge in [0, 0.05) is 6.54 Å². The number of aromatic nitrogens is 3. The Morgan fingerprint density at radius 3 is 2.54 bits per heavy atom. The maximum Gasteiger partial charge on any atom is 0.243 e. The maximum atomic E-state index is 13.1. The van der Waals surface area contributed by atoms with E-state index in [0.717, 1.165) is 22.5 Å². The molecule has 0 fully saturated rings. The first-order valence-electron chi connectivity index (χ1n) is 7.60. The van der Waals surface area contributed by atoms with Gasteiger partial charge in [0.1, 0.15) is 0 Å². The molecule has 0 unspecified atom stereocenters. The molecule has 6 nitrogen and oxygen atoms in total. The van der Waals surface area contributed by atoms with Crippen molar-refractivity contribution < 1.29 is 8.42 Å². The number of hydrogen-bond donors (Lipinski definition) is 0. The Morgan fingerprint density at radius 2 is 1.75 bits per heavy atom. The molecule has 0 radical (unpaired) electrons. The van der Waals surface area contributed by atoms with E-state index in [1.807, 2.05) is 43.3 Å². The van der Waals surface area contributed by atoms with Gasteiger partial charge >= 0.3 is 0 Å². The fourth-order valence-corrected chi connectivity index (χ4v) is 4.26. The summed E-state index contributed by atoms with van der Waals surface area (Å²) in [6.45, 7) is 2.47. The highest BCUT2D eigenvalue weighted by Gasteiger charge is 2.29. The van der Waals surface area contributed by atoms with Crippen LogP contribution in [0.3, 0.4) is 0 Å². The van der Waals surface area contributed by atoms with Gasteiger partial charge in [-0.1, -0.05) is 41.1 Å². The highest BCUT2D eigenvalue weighted by molar-refractivity contribution is 7.89. The summed E-state index contributed by atoms with van der Waals surface area (Å²) in [5.41, 5.74) is 3.54. The lowest BCUT2D eigenvalue weighted by atomic mass is 10.2. The smallest absolute Gasteiger partial charge is 0.216 e. The SMILES string of the molecule is Cc1ccc(S(=O)(=O)N2Cc3ccccc3-n3nncc3C2)cc1. The second kappa shape index (κ2) is 5.54. The number of sulfonamides is 1. The van der Waals surface area contributed by atoms with Crippen LogP contribution < -0.4 is 0 Å². The molecule has 1 aliphatic rings. The Kier molecular flexibility index (Phi) is 3.47. The van der Waals surface area contributed by atoms with Crippen molar-refractivity contribution in [2.24, 2.45) is 0 Å². The summed E-state index contributed by atoms with van der Waals surface area (Å²) in [5.74, 6) is 0. The zero-order valence-electron chi connectivity index (χ0n) is 13.1. The highest BCUT2D eigenvalue weighted by atomic mass is 32.2. The van der Waals surface area contributed by atoms with Gasteiger partial charge in [0.05, 0.1) is 29.0 Å². The van der Waals surface area contributed by atoms with Gasteiger partial charge in [-0.05, 0) is 30.7 Å². The Morgan fingerprint density at radius 1 is 1.00 bits per heavy atom. The van der Waals surface area contributed by atoms with E-state index in [2.05, 4.69) is 10.3 Å². The molecule has 3 aromatic rings. The molecule has 122 valence electrons. The minimum Gasteiger partial charge on any atom is -0.216 e. The molecule has 0 saturated carbocycles. The molecule has 1 aromatic heterocycles. The average Bonchev–Trinajstić information content (AvgIpc) is 2.97. The first-order chi connectivity index (χ1) is 11.6. The molecule has 1 aliphatic heterocycles. The van der Waals surface area contributed by atoms with Gasteiger partial charge in [-0.2, -0.15) is 4.31 Å². The molecule has 0 atom stereocenters. The molecule has 0 aliphatic carbocycles. The largest absolute Gasteiger partial charge is 0.243 e. The standard InChI is InChI=1S/C17H16N4O2S/c1-13-6-8-16(9-7-13)24(22,23)20-11-14-4-2-3-5-17(14)21-15(12-20)10-18-19-21/h2-10H,11-12H2,1H3. The molecule has 7 heteroatoms. The van der Waals surface area contributed by atoms with Crippen LogP contribution in [0.15, 0.2) is 59.6 Å².